The highest BCUT2D eigenvalue weighted by molar-refractivity contribution is 7.92. The molecule has 0 spiro atoms. The number of benzene rings is 2. The molecule has 1 amide bonds. The standard InChI is InChI=1S/C21H26N2O5S/c1-3-4-5-6-13-27-17-9-7-16(8-10-17)23-29(25,26)18-11-12-20-19(14-18)22-21(24)15(2)28-20/h7-12,14-15,23H,3-6,13H2,1-2H3,(H,22,24). The fraction of sp³-hybridized carbons (Fsp3) is 0.381. The molecule has 2 aromatic carbocycles. The van der Waals surface area contributed by atoms with Gasteiger partial charge >= 0.3 is 0 Å². The molecule has 2 aromatic rings. The summed E-state index contributed by atoms with van der Waals surface area (Å²) in [5, 5.41) is 2.65. The van der Waals surface area contributed by atoms with Gasteiger partial charge in [-0.3, -0.25) is 9.52 Å². The van der Waals surface area contributed by atoms with Crippen molar-refractivity contribution in [2.24, 2.45) is 0 Å². The minimum atomic E-state index is -3.82. The third-order valence-electron chi connectivity index (χ3n) is 4.57. The number of hydrogen-bond donors (Lipinski definition) is 2. The van der Waals surface area contributed by atoms with Crippen molar-refractivity contribution in [3.05, 3.63) is 42.5 Å². The van der Waals surface area contributed by atoms with E-state index < -0.39 is 16.1 Å². The molecule has 0 saturated heterocycles. The quantitative estimate of drug-likeness (QED) is 0.596. The summed E-state index contributed by atoms with van der Waals surface area (Å²) in [6.45, 7) is 4.44. The van der Waals surface area contributed by atoms with Crippen LogP contribution in [0.1, 0.15) is 39.5 Å². The molecule has 1 heterocycles. The van der Waals surface area contributed by atoms with Crippen molar-refractivity contribution >= 4 is 27.3 Å². The molecule has 0 fully saturated rings. The molecule has 0 aliphatic carbocycles. The largest absolute Gasteiger partial charge is 0.494 e. The minimum Gasteiger partial charge on any atom is -0.494 e. The van der Waals surface area contributed by atoms with Crippen molar-refractivity contribution in [2.45, 2.75) is 50.5 Å². The molecule has 1 atom stereocenters. The first-order chi connectivity index (χ1) is 13.9. The smallest absolute Gasteiger partial charge is 0.265 e. The number of ether oxygens (including phenoxy) is 2. The zero-order chi connectivity index (χ0) is 20.9. The van der Waals surface area contributed by atoms with Gasteiger partial charge in [-0.15, -0.1) is 0 Å². The number of sulfonamides is 1. The number of anilines is 2. The molecular weight excluding hydrogens is 392 g/mol. The Morgan fingerprint density at radius 1 is 1.10 bits per heavy atom. The number of carbonyl (C=O) groups excluding carboxylic acids is 1. The van der Waals surface area contributed by atoms with Gasteiger partial charge in [0, 0.05) is 5.69 Å². The summed E-state index contributed by atoms with van der Waals surface area (Å²) in [5.41, 5.74) is 0.762. The highest BCUT2D eigenvalue weighted by atomic mass is 32.2. The molecule has 2 N–H and O–H groups in total. The fourth-order valence-electron chi connectivity index (χ4n) is 2.91. The second-order valence-electron chi connectivity index (χ2n) is 6.95. The molecule has 1 aliphatic rings. The summed E-state index contributed by atoms with van der Waals surface area (Å²) in [4.78, 5) is 11.8. The normalized spacial score (nSPS) is 15.8. The van der Waals surface area contributed by atoms with E-state index in [9.17, 15) is 13.2 Å². The van der Waals surface area contributed by atoms with Gasteiger partial charge in [0.15, 0.2) is 6.10 Å². The lowest BCUT2D eigenvalue weighted by Crippen LogP contribution is -2.34. The van der Waals surface area contributed by atoms with Gasteiger partial charge in [-0.1, -0.05) is 26.2 Å². The second kappa shape index (κ2) is 9.17. The van der Waals surface area contributed by atoms with E-state index >= 15 is 0 Å². The Morgan fingerprint density at radius 3 is 2.59 bits per heavy atom. The van der Waals surface area contributed by atoms with Gasteiger partial charge in [-0.2, -0.15) is 0 Å². The molecule has 1 aliphatic heterocycles. The van der Waals surface area contributed by atoms with Gasteiger partial charge < -0.3 is 14.8 Å². The average Bonchev–Trinajstić information content (AvgIpc) is 2.69. The Hall–Kier alpha value is -2.74. The number of amides is 1. The molecule has 3 rings (SSSR count). The predicted octanol–water partition coefficient (Wildman–Crippen LogP) is 4.17. The highest BCUT2D eigenvalue weighted by Crippen LogP contribution is 2.32. The number of unbranched alkanes of at least 4 members (excludes halogenated alkanes) is 3. The maximum absolute atomic E-state index is 12.7. The molecule has 29 heavy (non-hydrogen) atoms. The van der Waals surface area contributed by atoms with E-state index in [0.29, 0.717) is 29.5 Å². The summed E-state index contributed by atoms with van der Waals surface area (Å²) in [7, 11) is -3.82. The molecule has 0 aromatic heterocycles. The monoisotopic (exact) mass is 418 g/mol. The summed E-state index contributed by atoms with van der Waals surface area (Å²) in [5.74, 6) is 0.828. The van der Waals surface area contributed by atoms with Gasteiger partial charge in [0.25, 0.3) is 15.9 Å². The first-order valence-electron chi connectivity index (χ1n) is 9.76. The van der Waals surface area contributed by atoms with Crippen molar-refractivity contribution in [2.75, 3.05) is 16.6 Å². The van der Waals surface area contributed by atoms with Crippen LogP contribution in [0.15, 0.2) is 47.4 Å². The van der Waals surface area contributed by atoms with Crippen LogP contribution in [0.3, 0.4) is 0 Å². The van der Waals surface area contributed by atoms with E-state index in [1.54, 1.807) is 31.2 Å². The highest BCUT2D eigenvalue weighted by Gasteiger charge is 2.25. The van der Waals surface area contributed by atoms with Gasteiger partial charge in [-0.25, -0.2) is 8.42 Å². The lowest BCUT2D eigenvalue weighted by molar-refractivity contribution is -0.122. The zero-order valence-corrected chi connectivity index (χ0v) is 17.4. The second-order valence-corrected chi connectivity index (χ2v) is 8.63. The molecule has 156 valence electrons. The van der Waals surface area contributed by atoms with E-state index in [2.05, 4.69) is 17.0 Å². The SMILES string of the molecule is CCCCCCOc1ccc(NS(=O)(=O)c2ccc3c(c2)NC(=O)C(C)O3)cc1. The number of carbonyl (C=O) groups is 1. The number of nitrogens with one attached hydrogen (secondary N) is 2. The Labute approximate surface area is 171 Å². The summed E-state index contributed by atoms with van der Waals surface area (Å²) in [6.07, 6.45) is 3.90. The van der Waals surface area contributed by atoms with Crippen LogP contribution < -0.4 is 19.5 Å². The van der Waals surface area contributed by atoms with Gasteiger partial charge in [0.2, 0.25) is 0 Å². The van der Waals surface area contributed by atoms with Crippen molar-refractivity contribution in [3.63, 3.8) is 0 Å². The van der Waals surface area contributed by atoms with Crippen molar-refractivity contribution < 1.29 is 22.7 Å². The van der Waals surface area contributed by atoms with E-state index in [-0.39, 0.29) is 10.8 Å². The van der Waals surface area contributed by atoms with Crippen LogP contribution in [0.25, 0.3) is 0 Å². The third-order valence-corrected chi connectivity index (χ3v) is 5.94. The molecular formula is C21H26N2O5S. The molecule has 7 nitrogen and oxygen atoms in total. The summed E-state index contributed by atoms with van der Waals surface area (Å²) < 4.78 is 39.1. The Kier molecular flexibility index (Phi) is 6.64. The average molecular weight is 419 g/mol. The van der Waals surface area contributed by atoms with Crippen molar-refractivity contribution in [1.29, 1.82) is 0 Å². The molecule has 0 bridgehead atoms. The van der Waals surface area contributed by atoms with E-state index in [0.717, 1.165) is 12.8 Å². The summed E-state index contributed by atoms with van der Waals surface area (Å²) in [6, 6.07) is 11.2. The molecule has 1 unspecified atom stereocenters. The van der Waals surface area contributed by atoms with Crippen LogP contribution >= 0.6 is 0 Å². The fourth-order valence-corrected chi connectivity index (χ4v) is 3.99. The number of rotatable bonds is 9. The van der Waals surface area contributed by atoms with Crippen molar-refractivity contribution in [3.8, 4) is 11.5 Å². The van der Waals surface area contributed by atoms with E-state index in [1.165, 1.54) is 31.0 Å². The zero-order valence-electron chi connectivity index (χ0n) is 16.6. The van der Waals surface area contributed by atoms with Crippen LogP contribution in [-0.4, -0.2) is 27.0 Å². The van der Waals surface area contributed by atoms with Crippen molar-refractivity contribution in [1.82, 2.24) is 0 Å². The van der Waals surface area contributed by atoms with Gasteiger partial charge in [-0.05, 0) is 55.8 Å². The lowest BCUT2D eigenvalue weighted by Gasteiger charge is -2.23. The third kappa shape index (κ3) is 5.41. The molecule has 0 saturated carbocycles. The molecule has 0 radical (unpaired) electrons. The number of hydrogen-bond acceptors (Lipinski definition) is 5. The van der Waals surface area contributed by atoms with Crippen LogP contribution in [-0.2, 0) is 14.8 Å². The molecule has 8 heteroatoms. The topological polar surface area (TPSA) is 93.7 Å². The maximum atomic E-state index is 12.7. The number of fused-ring (bicyclic) bond motifs is 1. The first-order valence-corrected chi connectivity index (χ1v) is 11.2. The Balaban J connectivity index is 1.64. The minimum absolute atomic E-state index is 0.0333. The maximum Gasteiger partial charge on any atom is 0.265 e. The first kappa shape index (κ1) is 21.0. The Bertz CT molecular complexity index is 958. The Morgan fingerprint density at radius 2 is 1.86 bits per heavy atom. The van der Waals surface area contributed by atoms with Crippen LogP contribution in [0.2, 0.25) is 0 Å². The van der Waals surface area contributed by atoms with E-state index in [1.807, 2.05) is 0 Å². The van der Waals surface area contributed by atoms with Gasteiger partial charge in [0.05, 0.1) is 17.2 Å². The van der Waals surface area contributed by atoms with Crippen LogP contribution in [0.4, 0.5) is 11.4 Å². The predicted molar refractivity (Wildman–Crippen MR) is 112 cm³/mol. The van der Waals surface area contributed by atoms with Gasteiger partial charge in [0.1, 0.15) is 11.5 Å². The van der Waals surface area contributed by atoms with Crippen LogP contribution in [0, 0.1) is 0 Å². The van der Waals surface area contributed by atoms with Crippen LogP contribution in [0.5, 0.6) is 11.5 Å². The van der Waals surface area contributed by atoms with E-state index in [4.69, 9.17) is 9.47 Å². The lowest BCUT2D eigenvalue weighted by atomic mass is 10.2. The summed E-state index contributed by atoms with van der Waals surface area (Å²) >= 11 is 0.